The highest BCUT2D eigenvalue weighted by atomic mass is 35.5. The van der Waals surface area contributed by atoms with E-state index < -0.39 is 38.9 Å². The average molecular weight is 312 g/mol. The number of aliphatic hydroxyl groups excluding tert-OH is 1. The summed E-state index contributed by atoms with van der Waals surface area (Å²) in [7, 11) is -4.37. The Kier molecular flexibility index (Phi) is 4.86. The van der Waals surface area contributed by atoms with Crippen LogP contribution in [0.5, 0.6) is 0 Å². The van der Waals surface area contributed by atoms with Gasteiger partial charge in [0, 0.05) is 0 Å². The first-order chi connectivity index (χ1) is 8.65. The molecule has 0 amide bonds. The monoisotopic (exact) mass is 311 g/mol. The molecule has 6 nitrogen and oxygen atoms in total. The highest BCUT2D eigenvalue weighted by Gasteiger charge is 2.30. The summed E-state index contributed by atoms with van der Waals surface area (Å²) in [6.45, 7) is 1.11. The van der Waals surface area contributed by atoms with E-state index in [9.17, 15) is 22.7 Å². The van der Waals surface area contributed by atoms with Gasteiger partial charge in [0.25, 0.3) is 0 Å². The molecule has 0 aromatic heterocycles. The summed E-state index contributed by atoms with van der Waals surface area (Å²) in [5.74, 6) is -2.40. The van der Waals surface area contributed by atoms with Crippen molar-refractivity contribution >= 4 is 27.6 Å². The number of carbonyl (C=O) groups is 1. The SMILES string of the molecule is C[C@@H](O)[C@H](NS(=O)(=O)c1cc(F)ccc1Cl)C(=O)O. The van der Waals surface area contributed by atoms with Gasteiger partial charge in [-0.05, 0) is 25.1 Å². The maximum absolute atomic E-state index is 13.0. The predicted octanol–water partition coefficient (Wildman–Crippen LogP) is 0.591. The minimum absolute atomic E-state index is 0.261. The minimum atomic E-state index is -4.37. The topological polar surface area (TPSA) is 104 Å². The van der Waals surface area contributed by atoms with Crippen molar-refractivity contribution < 1.29 is 27.8 Å². The molecule has 1 aromatic rings. The maximum Gasteiger partial charge on any atom is 0.324 e. The van der Waals surface area contributed by atoms with Gasteiger partial charge in [0.1, 0.15) is 16.8 Å². The largest absolute Gasteiger partial charge is 0.480 e. The lowest BCUT2D eigenvalue weighted by Crippen LogP contribution is -2.47. The van der Waals surface area contributed by atoms with Gasteiger partial charge in [-0.2, -0.15) is 4.72 Å². The van der Waals surface area contributed by atoms with Crippen LogP contribution < -0.4 is 4.72 Å². The lowest BCUT2D eigenvalue weighted by molar-refractivity contribution is -0.141. The van der Waals surface area contributed by atoms with Crippen molar-refractivity contribution in [3.8, 4) is 0 Å². The van der Waals surface area contributed by atoms with Crippen molar-refractivity contribution in [3.63, 3.8) is 0 Å². The second-order valence-electron chi connectivity index (χ2n) is 3.75. The average Bonchev–Trinajstić information content (AvgIpc) is 2.28. The molecule has 0 unspecified atom stereocenters. The second kappa shape index (κ2) is 5.83. The summed E-state index contributed by atoms with van der Waals surface area (Å²) >= 11 is 5.63. The third-order valence-electron chi connectivity index (χ3n) is 2.21. The number of sulfonamides is 1. The van der Waals surface area contributed by atoms with Crippen LogP contribution in [0.4, 0.5) is 4.39 Å². The molecular weight excluding hydrogens is 301 g/mol. The van der Waals surface area contributed by atoms with E-state index in [0.29, 0.717) is 6.07 Å². The molecule has 0 bridgehead atoms. The Morgan fingerprint density at radius 2 is 2.05 bits per heavy atom. The predicted molar refractivity (Wildman–Crippen MR) is 64.8 cm³/mol. The molecule has 9 heteroatoms. The Bertz CT molecular complexity index is 590. The van der Waals surface area contributed by atoms with Gasteiger partial charge in [0.05, 0.1) is 11.1 Å². The number of aliphatic hydroxyl groups is 1. The summed E-state index contributed by atoms with van der Waals surface area (Å²) in [5, 5.41) is 17.7. The molecule has 0 radical (unpaired) electrons. The van der Waals surface area contributed by atoms with Crippen molar-refractivity contribution in [2.24, 2.45) is 0 Å². The third kappa shape index (κ3) is 3.87. The van der Waals surface area contributed by atoms with Gasteiger partial charge in [0.15, 0.2) is 0 Å². The first-order valence-electron chi connectivity index (χ1n) is 5.03. The Labute approximate surface area is 113 Å². The van der Waals surface area contributed by atoms with E-state index in [0.717, 1.165) is 19.1 Å². The van der Waals surface area contributed by atoms with E-state index in [4.69, 9.17) is 16.7 Å². The number of hydrogen-bond acceptors (Lipinski definition) is 4. The molecule has 1 aromatic carbocycles. The van der Waals surface area contributed by atoms with Crippen LogP contribution in [0.15, 0.2) is 23.1 Å². The number of rotatable bonds is 5. The minimum Gasteiger partial charge on any atom is -0.480 e. The zero-order chi connectivity index (χ0) is 14.8. The molecular formula is C10H11ClFNO5S. The second-order valence-corrected chi connectivity index (χ2v) is 5.84. The van der Waals surface area contributed by atoms with Crippen molar-refractivity contribution in [3.05, 3.63) is 29.0 Å². The summed E-state index contributed by atoms with van der Waals surface area (Å²) in [5.41, 5.74) is 0. The number of benzene rings is 1. The van der Waals surface area contributed by atoms with Crippen LogP contribution in [0.3, 0.4) is 0 Å². The first kappa shape index (κ1) is 15.8. The van der Waals surface area contributed by atoms with E-state index in [1.807, 2.05) is 0 Å². The van der Waals surface area contributed by atoms with Crippen LogP contribution in [-0.2, 0) is 14.8 Å². The van der Waals surface area contributed by atoms with Gasteiger partial charge in [-0.1, -0.05) is 11.6 Å². The smallest absolute Gasteiger partial charge is 0.324 e. The van der Waals surface area contributed by atoms with E-state index >= 15 is 0 Å². The van der Waals surface area contributed by atoms with Crippen LogP contribution in [0.25, 0.3) is 0 Å². The standard InChI is InChI=1S/C10H11ClFNO5S/c1-5(14)9(10(15)16)13-19(17,18)8-4-6(12)2-3-7(8)11/h2-5,9,13-14H,1H3,(H,15,16)/t5-,9+/m1/s1. The fourth-order valence-corrected chi connectivity index (χ4v) is 3.04. The van der Waals surface area contributed by atoms with Crippen molar-refractivity contribution in [1.82, 2.24) is 4.72 Å². The molecule has 0 aliphatic carbocycles. The number of aliphatic carboxylic acids is 1. The highest BCUT2D eigenvalue weighted by Crippen LogP contribution is 2.22. The van der Waals surface area contributed by atoms with E-state index in [-0.39, 0.29) is 5.02 Å². The molecule has 0 aliphatic heterocycles. The van der Waals surface area contributed by atoms with Gasteiger partial charge in [-0.15, -0.1) is 0 Å². The zero-order valence-electron chi connectivity index (χ0n) is 9.67. The van der Waals surface area contributed by atoms with Crippen molar-refractivity contribution in [2.45, 2.75) is 24.0 Å². The molecule has 106 valence electrons. The third-order valence-corrected chi connectivity index (χ3v) is 4.14. The Morgan fingerprint density at radius 3 is 2.53 bits per heavy atom. The van der Waals surface area contributed by atoms with Crippen LogP contribution in [-0.4, -0.2) is 36.7 Å². The van der Waals surface area contributed by atoms with Gasteiger partial charge >= 0.3 is 5.97 Å². The van der Waals surface area contributed by atoms with Crippen LogP contribution >= 0.6 is 11.6 Å². The van der Waals surface area contributed by atoms with E-state index in [1.165, 1.54) is 0 Å². The first-order valence-corrected chi connectivity index (χ1v) is 6.89. The quantitative estimate of drug-likeness (QED) is 0.738. The summed E-state index contributed by atoms with van der Waals surface area (Å²) < 4.78 is 38.5. The molecule has 0 aliphatic rings. The molecule has 0 fully saturated rings. The molecule has 0 heterocycles. The van der Waals surface area contributed by atoms with Crippen LogP contribution in [0.2, 0.25) is 5.02 Å². The lowest BCUT2D eigenvalue weighted by atomic mass is 10.2. The Morgan fingerprint density at radius 1 is 1.47 bits per heavy atom. The molecule has 19 heavy (non-hydrogen) atoms. The van der Waals surface area contributed by atoms with Gasteiger partial charge in [-0.3, -0.25) is 4.79 Å². The van der Waals surface area contributed by atoms with E-state index in [2.05, 4.69) is 0 Å². The van der Waals surface area contributed by atoms with Gasteiger partial charge in [0.2, 0.25) is 10.0 Å². The Balaban J connectivity index is 3.17. The van der Waals surface area contributed by atoms with Crippen LogP contribution in [0, 0.1) is 5.82 Å². The summed E-state index contributed by atoms with van der Waals surface area (Å²) in [6.07, 6.45) is -1.47. The van der Waals surface area contributed by atoms with Crippen molar-refractivity contribution in [2.75, 3.05) is 0 Å². The lowest BCUT2D eigenvalue weighted by Gasteiger charge is -2.17. The molecule has 1 rings (SSSR count). The summed E-state index contributed by atoms with van der Waals surface area (Å²) in [6, 6.07) is 0.893. The molecule has 0 saturated heterocycles. The maximum atomic E-state index is 13.0. The number of carboxylic acid groups (broad SMARTS) is 1. The highest BCUT2D eigenvalue weighted by molar-refractivity contribution is 7.89. The number of halogens is 2. The number of hydrogen-bond donors (Lipinski definition) is 3. The fourth-order valence-electron chi connectivity index (χ4n) is 1.27. The fraction of sp³-hybridized carbons (Fsp3) is 0.300. The molecule has 2 atom stereocenters. The zero-order valence-corrected chi connectivity index (χ0v) is 11.2. The normalized spacial score (nSPS) is 14.9. The molecule has 0 saturated carbocycles. The number of nitrogens with one attached hydrogen (secondary N) is 1. The molecule has 3 N–H and O–H groups in total. The van der Waals surface area contributed by atoms with E-state index in [1.54, 1.807) is 4.72 Å². The van der Waals surface area contributed by atoms with Gasteiger partial charge in [-0.25, -0.2) is 12.8 Å². The summed E-state index contributed by atoms with van der Waals surface area (Å²) in [4.78, 5) is 10.2. The van der Waals surface area contributed by atoms with Crippen LogP contribution in [0.1, 0.15) is 6.92 Å². The number of carboxylic acids is 1. The van der Waals surface area contributed by atoms with Crippen molar-refractivity contribution in [1.29, 1.82) is 0 Å². The van der Waals surface area contributed by atoms with Gasteiger partial charge < -0.3 is 10.2 Å². The Hall–Kier alpha value is -1.22. The molecule has 0 spiro atoms.